The Morgan fingerprint density at radius 1 is 1.18 bits per heavy atom. The number of urea groups is 1. The molecule has 0 saturated carbocycles. The summed E-state index contributed by atoms with van der Waals surface area (Å²) in [6, 6.07) is 10.0. The smallest absolute Gasteiger partial charge is 0.317 e. The number of rotatable bonds is 5. The maximum atomic E-state index is 12.4. The van der Waals surface area contributed by atoms with Crippen molar-refractivity contribution in [2.75, 3.05) is 32.8 Å². The van der Waals surface area contributed by atoms with Gasteiger partial charge in [-0.05, 0) is 12.5 Å². The minimum Gasteiger partial charge on any atom is -0.376 e. The Kier molecular flexibility index (Phi) is 5.92. The van der Waals surface area contributed by atoms with E-state index in [1.54, 1.807) is 0 Å². The van der Waals surface area contributed by atoms with Gasteiger partial charge in [-0.15, -0.1) is 0 Å². The van der Waals surface area contributed by atoms with Gasteiger partial charge < -0.3 is 15.0 Å². The quantitative estimate of drug-likeness (QED) is 0.858. The molecule has 1 fully saturated rings. The van der Waals surface area contributed by atoms with Crippen LogP contribution >= 0.6 is 0 Å². The van der Waals surface area contributed by atoms with Gasteiger partial charge >= 0.3 is 6.03 Å². The lowest BCUT2D eigenvalue weighted by atomic mass is 10.1. The number of aromatic nitrogens is 2. The zero-order valence-corrected chi connectivity index (χ0v) is 16.6. The molecule has 1 aromatic carbocycles. The van der Waals surface area contributed by atoms with Crippen LogP contribution in [0.2, 0.25) is 0 Å². The van der Waals surface area contributed by atoms with Gasteiger partial charge in [0.1, 0.15) is 0 Å². The molecule has 0 radical (unpaired) electrons. The molecule has 2 aromatic rings. The number of aryl methyl sites for hydroxylation is 1. The van der Waals surface area contributed by atoms with Gasteiger partial charge in [0, 0.05) is 63.5 Å². The lowest BCUT2D eigenvalue weighted by Crippen LogP contribution is -2.51. The molecule has 1 aromatic heterocycles. The summed E-state index contributed by atoms with van der Waals surface area (Å²) >= 11 is 0. The third-order valence-electron chi connectivity index (χ3n) is 5.60. The molecule has 0 unspecified atom stereocenters. The average Bonchev–Trinajstić information content (AvgIpc) is 3.11. The number of carbonyl (C=O) groups excluding carboxylic acids is 1. The molecule has 0 bridgehead atoms. The van der Waals surface area contributed by atoms with Crippen molar-refractivity contribution in [2.45, 2.75) is 39.6 Å². The molecule has 7 heteroatoms. The minimum atomic E-state index is 0.0181. The molecule has 3 heterocycles. The molecular formula is C21H29N5O2. The van der Waals surface area contributed by atoms with Crippen LogP contribution in [0.25, 0.3) is 0 Å². The maximum absolute atomic E-state index is 12.4. The Morgan fingerprint density at radius 2 is 1.96 bits per heavy atom. The molecular weight excluding hydrogens is 354 g/mol. The summed E-state index contributed by atoms with van der Waals surface area (Å²) in [7, 11) is 0. The van der Waals surface area contributed by atoms with E-state index in [4.69, 9.17) is 9.84 Å². The van der Waals surface area contributed by atoms with Crippen LogP contribution in [-0.4, -0.2) is 58.4 Å². The highest BCUT2D eigenvalue weighted by Gasteiger charge is 2.25. The van der Waals surface area contributed by atoms with E-state index in [9.17, 15) is 4.79 Å². The summed E-state index contributed by atoms with van der Waals surface area (Å²) in [5, 5.41) is 7.84. The van der Waals surface area contributed by atoms with Gasteiger partial charge in [-0.3, -0.25) is 9.58 Å². The van der Waals surface area contributed by atoms with E-state index in [-0.39, 0.29) is 6.03 Å². The van der Waals surface area contributed by atoms with E-state index in [2.05, 4.69) is 21.8 Å². The number of carbonyl (C=O) groups is 1. The van der Waals surface area contributed by atoms with Crippen LogP contribution in [-0.2, 0) is 37.4 Å². The van der Waals surface area contributed by atoms with Crippen molar-refractivity contribution < 1.29 is 9.53 Å². The first kappa shape index (κ1) is 19.0. The molecule has 0 atom stereocenters. The van der Waals surface area contributed by atoms with Gasteiger partial charge in [0.15, 0.2) is 0 Å². The van der Waals surface area contributed by atoms with Crippen LogP contribution in [0.1, 0.15) is 29.4 Å². The van der Waals surface area contributed by atoms with Crippen molar-refractivity contribution in [3.05, 3.63) is 52.8 Å². The number of hydrogen-bond donors (Lipinski definition) is 1. The first-order valence-electron chi connectivity index (χ1n) is 10.2. The van der Waals surface area contributed by atoms with Crippen LogP contribution in [0.3, 0.4) is 0 Å². The highest BCUT2D eigenvalue weighted by molar-refractivity contribution is 5.74. The van der Waals surface area contributed by atoms with Crippen LogP contribution in [0, 0.1) is 0 Å². The largest absolute Gasteiger partial charge is 0.376 e. The summed E-state index contributed by atoms with van der Waals surface area (Å²) in [6.45, 7) is 9.12. The van der Waals surface area contributed by atoms with Crippen molar-refractivity contribution in [3.63, 3.8) is 0 Å². The molecule has 4 rings (SSSR count). The molecule has 7 nitrogen and oxygen atoms in total. The number of benzene rings is 1. The number of hydrogen-bond acceptors (Lipinski definition) is 4. The number of fused-ring (bicyclic) bond motifs is 1. The van der Waals surface area contributed by atoms with E-state index in [0.717, 1.165) is 63.6 Å². The predicted octanol–water partition coefficient (Wildman–Crippen LogP) is 2.00. The molecule has 2 amide bonds. The van der Waals surface area contributed by atoms with Gasteiger partial charge in [0.2, 0.25) is 0 Å². The topological polar surface area (TPSA) is 62.6 Å². The minimum absolute atomic E-state index is 0.0181. The molecule has 28 heavy (non-hydrogen) atoms. The zero-order valence-electron chi connectivity index (χ0n) is 16.6. The summed E-state index contributed by atoms with van der Waals surface area (Å²) < 4.78 is 7.79. The Labute approximate surface area is 166 Å². The van der Waals surface area contributed by atoms with E-state index in [1.807, 2.05) is 35.2 Å². The summed E-state index contributed by atoms with van der Waals surface area (Å²) in [5.74, 6) is 0. The summed E-state index contributed by atoms with van der Waals surface area (Å²) in [6.07, 6.45) is 0.950. The lowest BCUT2D eigenvalue weighted by Gasteiger charge is -2.34. The fraction of sp³-hybridized carbons (Fsp3) is 0.524. The third kappa shape index (κ3) is 4.20. The van der Waals surface area contributed by atoms with Crippen LogP contribution < -0.4 is 5.32 Å². The predicted molar refractivity (Wildman–Crippen MR) is 107 cm³/mol. The second-order valence-electron chi connectivity index (χ2n) is 7.40. The first-order chi connectivity index (χ1) is 13.7. The number of ether oxygens (including phenoxy) is 1. The van der Waals surface area contributed by atoms with Crippen LogP contribution in [0.15, 0.2) is 30.3 Å². The number of nitrogens with zero attached hydrogens (tertiary/aromatic N) is 4. The van der Waals surface area contributed by atoms with Crippen molar-refractivity contribution in [3.8, 4) is 0 Å². The molecule has 150 valence electrons. The molecule has 2 aliphatic heterocycles. The van der Waals surface area contributed by atoms with E-state index < -0.39 is 0 Å². The van der Waals surface area contributed by atoms with Gasteiger partial charge in [-0.1, -0.05) is 30.3 Å². The monoisotopic (exact) mass is 383 g/mol. The molecule has 1 N–H and O–H groups in total. The average molecular weight is 383 g/mol. The van der Waals surface area contributed by atoms with E-state index in [1.165, 1.54) is 11.3 Å². The fourth-order valence-corrected chi connectivity index (χ4v) is 3.97. The maximum Gasteiger partial charge on any atom is 0.317 e. The Hall–Kier alpha value is -2.38. The number of piperazine rings is 1. The van der Waals surface area contributed by atoms with E-state index in [0.29, 0.717) is 13.2 Å². The zero-order chi connectivity index (χ0) is 19.3. The molecule has 0 aliphatic carbocycles. The highest BCUT2D eigenvalue weighted by Crippen LogP contribution is 2.22. The highest BCUT2D eigenvalue weighted by atomic mass is 16.5. The second kappa shape index (κ2) is 8.75. The van der Waals surface area contributed by atoms with Gasteiger partial charge in [-0.2, -0.15) is 5.10 Å². The Balaban J connectivity index is 1.29. The van der Waals surface area contributed by atoms with Crippen molar-refractivity contribution in [1.82, 2.24) is 24.9 Å². The van der Waals surface area contributed by atoms with Gasteiger partial charge in [0.25, 0.3) is 0 Å². The first-order valence-corrected chi connectivity index (χ1v) is 10.2. The number of nitrogens with one attached hydrogen (secondary N) is 1. The normalized spacial score (nSPS) is 17.4. The van der Waals surface area contributed by atoms with E-state index >= 15 is 0 Å². The Morgan fingerprint density at radius 3 is 2.71 bits per heavy atom. The van der Waals surface area contributed by atoms with Gasteiger partial charge in [-0.25, -0.2) is 4.79 Å². The second-order valence-corrected chi connectivity index (χ2v) is 7.40. The summed E-state index contributed by atoms with van der Waals surface area (Å²) in [5.41, 5.74) is 4.87. The molecule has 1 saturated heterocycles. The van der Waals surface area contributed by atoms with Crippen LogP contribution in [0.4, 0.5) is 4.79 Å². The number of amides is 2. The fourth-order valence-electron chi connectivity index (χ4n) is 3.97. The SMILES string of the molecule is CCn1nc(CN2CCN(C(=O)NCc3ccccc3)CC2)c2c1CCOC2. The van der Waals surface area contributed by atoms with Crippen molar-refractivity contribution >= 4 is 6.03 Å². The standard InChI is InChI=1S/C21H29N5O2/c1-2-26-20-8-13-28-16-18(20)19(23-26)15-24-9-11-25(12-10-24)21(27)22-14-17-6-4-3-5-7-17/h3-7H,2,8-16H2,1H3,(H,22,27). The Bertz CT molecular complexity index is 797. The molecule has 2 aliphatic rings. The summed E-state index contributed by atoms with van der Waals surface area (Å²) in [4.78, 5) is 16.7. The third-order valence-corrected chi connectivity index (χ3v) is 5.60. The van der Waals surface area contributed by atoms with Crippen LogP contribution in [0.5, 0.6) is 0 Å². The van der Waals surface area contributed by atoms with Crippen molar-refractivity contribution in [2.24, 2.45) is 0 Å². The lowest BCUT2D eigenvalue weighted by molar-refractivity contribution is 0.106. The van der Waals surface area contributed by atoms with Gasteiger partial charge in [0.05, 0.1) is 18.9 Å². The molecule has 0 spiro atoms. The van der Waals surface area contributed by atoms with Crippen molar-refractivity contribution in [1.29, 1.82) is 0 Å².